The van der Waals surface area contributed by atoms with Crippen LogP contribution in [0.4, 0.5) is 0 Å². The topological polar surface area (TPSA) is 79.3 Å². The van der Waals surface area contributed by atoms with Crippen LogP contribution >= 0.6 is 11.6 Å². The normalized spacial score (nSPS) is 14.9. The van der Waals surface area contributed by atoms with Crippen molar-refractivity contribution in [1.82, 2.24) is 10.3 Å². The number of allylic oxidation sites excluding steroid dienone is 1. The SMILES string of the molecule is O=C(/C=C/c1cc2ccccc2nc1Cl)NC1=C(C(=O)O)CCCC1. The maximum atomic E-state index is 12.1. The van der Waals surface area contributed by atoms with Crippen LogP contribution in [0.15, 0.2) is 47.7 Å². The lowest BCUT2D eigenvalue weighted by Gasteiger charge is -2.17. The molecule has 0 spiro atoms. The number of hydrogen-bond acceptors (Lipinski definition) is 3. The van der Waals surface area contributed by atoms with Crippen LogP contribution in [-0.2, 0) is 9.59 Å². The summed E-state index contributed by atoms with van der Waals surface area (Å²) in [4.78, 5) is 27.7. The van der Waals surface area contributed by atoms with Gasteiger partial charge < -0.3 is 10.4 Å². The van der Waals surface area contributed by atoms with E-state index in [9.17, 15) is 14.7 Å². The molecule has 1 heterocycles. The van der Waals surface area contributed by atoms with E-state index in [-0.39, 0.29) is 5.91 Å². The lowest BCUT2D eigenvalue weighted by molar-refractivity contribution is -0.133. The van der Waals surface area contributed by atoms with Crippen LogP contribution < -0.4 is 5.32 Å². The number of halogens is 1. The second-order valence-corrected chi connectivity index (χ2v) is 6.21. The van der Waals surface area contributed by atoms with E-state index in [1.165, 1.54) is 6.08 Å². The Labute approximate surface area is 150 Å². The van der Waals surface area contributed by atoms with E-state index in [0.29, 0.717) is 34.8 Å². The van der Waals surface area contributed by atoms with Crippen molar-refractivity contribution in [2.75, 3.05) is 0 Å². The van der Waals surface area contributed by atoms with Gasteiger partial charge in [-0.05, 0) is 43.9 Å². The highest BCUT2D eigenvalue weighted by Crippen LogP contribution is 2.24. The number of fused-ring (bicyclic) bond motifs is 1. The summed E-state index contributed by atoms with van der Waals surface area (Å²) >= 11 is 6.16. The molecule has 0 radical (unpaired) electrons. The predicted octanol–water partition coefficient (Wildman–Crippen LogP) is 3.93. The highest BCUT2D eigenvalue weighted by atomic mass is 35.5. The van der Waals surface area contributed by atoms with Gasteiger partial charge in [0.2, 0.25) is 5.91 Å². The molecule has 6 heteroatoms. The van der Waals surface area contributed by atoms with E-state index in [0.717, 1.165) is 23.7 Å². The van der Waals surface area contributed by atoms with Crippen LogP contribution in [0.3, 0.4) is 0 Å². The van der Waals surface area contributed by atoms with Crippen LogP contribution in [0.1, 0.15) is 31.2 Å². The third-order valence-electron chi connectivity index (χ3n) is 4.12. The number of para-hydroxylation sites is 1. The molecule has 0 aliphatic heterocycles. The second kappa shape index (κ2) is 7.49. The van der Waals surface area contributed by atoms with E-state index in [4.69, 9.17) is 11.6 Å². The number of carbonyl (C=O) groups is 2. The first-order valence-corrected chi connectivity index (χ1v) is 8.42. The number of nitrogens with one attached hydrogen (secondary N) is 1. The number of aliphatic carboxylic acids is 1. The maximum absolute atomic E-state index is 12.1. The number of nitrogens with zero attached hydrogens (tertiary/aromatic N) is 1. The van der Waals surface area contributed by atoms with Crippen LogP contribution in [0, 0.1) is 0 Å². The fraction of sp³-hybridized carbons (Fsp3) is 0.211. The van der Waals surface area contributed by atoms with E-state index in [1.807, 2.05) is 30.3 Å². The number of benzene rings is 1. The molecule has 2 N–H and O–H groups in total. The molecule has 0 fully saturated rings. The molecular formula is C19H17ClN2O3. The van der Waals surface area contributed by atoms with Crippen LogP contribution in [0.25, 0.3) is 17.0 Å². The Morgan fingerprint density at radius 3 is 2.76 bits per heavy atom. The number of hydrogen-bond donors (Lipinski definition) is 2. The Morgan fingerprint density at radius 2 is 1.96 bits per heavy atom. The molecule has 1 aliphatic carbocycles. The number of aromatic nitrogens is 1. The summed E-state index contributed by atoms with van der Waals surface area (Å²) in [5, 5.41) is 13.1. The Balaban J connectivity index is 1.79. The van der Waals surface area contributed by atoms with Crippen molar-refractivity contribution in [2.45, 2.75) is 25.7 Å². The summed E-state index contributed by atoms with van der Waals surface area (Å²) in [5.41, 5.74) is 2.20. The molecule has 3 rings (SSSR count). The van der Waals surface area contributed by atoms with Crippen LogP contribution in [0.2, 0.25) is 5.15 Å². The van der Waals surface area contributed by atoms with Gasteiger partial charge in [-0.2, -0.15) is 0 Å². The standard InChI is InChI=1S/C19H17ClN2O3/c20-18-13(11-12-5-1-3-7-15(12)22-18)9-10-17(23)21-16-8-4-2-6-14(16)19(24)25/h1,3,5,7,9-11H,2,4,6,8H2,(H,21,23)(H,24,25)/b10-9+. The molecular weight excluding hydrogens is 340 g/mol. The lowest BCUT2D eigenvalue weighted by Crippen LogP contribution is -2.25. The number of amides is 1. The van der Waals surface area contributed by atoms with Crippen molar-refractivity contribution in [3.8, 4) is 0 Å². The summed E-state index contributed by atoms with van der Waals surface area (Å²) in [5.74, 6) is -1.35. The molecule has 5 nitrogen and oxygen atoms in total. The Kier molecular flexibility index (Phi) is 5.14. The minimum atomic E-state index is -0.972. The van der Waals surface area contributed by atoms with Gasteiger partial charge in [-0.25, -0.2) is 9.78 Å². The first kappa shape index (κ1) is 17.2. The summed E-state index contributed by atoms with van der Waals surface area (Å²) in [6.45, 7) is 0. The highest BCUT2D eigenvalue weighted by molar-refractivity contribution is 6.31. The van der Waals surface area contributed by atoms with Gasteiger partial charge in [0.1, 0.15) is 5.15 Å². The third-order valence-corrected chi connectivity index (χ3v) is 4.42. The molecule has 0 bridgehead atoms. The fourth-order valence-electron chi connectivity index (χ4n) is 2.86. The first-order valence-electron chi connectivity index (χ1n) is 8.04. The van der Waals surface area contributed by atoms with Crippen molar-refractivity contribution in [1.29, 1.82) is 0 Å². The number of carbonyl (C=O) groups excluding carboxylic acids is 1. The van der Waals surface area contributed by atoms with E-state index >= 15 is 0 Å². The van der Waals surface area contributed by atoms with Gasteiger partial charge >= 0.3 is 5.97 Å². The van der Waals surface area contributed by atoms with Crippen molar-refractivity contribution < 1.29 is 14.7 Å². The minimum Gasteiger partial charge on any atom is -0.478 e. The highest BCUT2D eigenvalue weighted by Gasteiger charge is 2.19. The Bertz CT molecular complexity index is 903. The average Bonchev–Trinajstić information content (AvgIpc) is 2.60. The molecule has 128 valence electrons. The quantitative estimate of drug-likeness (QED) is 0.642. The summed E-state index contributed by atoms with van der Waals surface area (Å²) < 4.78 is 0. The number of carboxylic acid groups (broad SMARTS) is 1. The third kappa shape index (κ3) is 4.06. The van der Waals surface area contributed by atoms with Crippen molar-refractivity contribution in [3.05, 3.63) is 58.4 Å². The molecule has 0 saturated carbocycles. The maximum Gasteiger partial charge on any atom is 0.333 e. The zero-order valence-corrected chi connectivity index (χ0v) is 14.2. The fourth-order valence-corrected chi connectivity index (χ4v) is 3.07. The van der Waals surface area contributed by atoms with Gasteiger partial charge in [0.05, 0.1) is 11.1 Å². The van der Waals surface area contributed by atoms with E-state index in [1.54, 1.807) is 6.08 Å². The van der Waals surface area contributed by atoms with E-state index < -0.39 is 5.97 Å². The summed E-state index contributed by atoms with van der Waals surface area (Å²) in [7, 11) is 0. The number of carboxylic acids is 1. The van der Waals surface area contributed by atoms with Gasteiger partial charge in [-0.3, -0.25) is 4.79 Å². The van der Waals surface area contributed by atoms with Crippen LogP contribution in [-0.4, -0.2) is 22.0 Å². The minimum absolute atomic E-state index is 0.290. The lowest BCUT2D eigenvalue weighted by atomic mass is 9.96. The van der Waals surface area contributed by atoms with Gasteiger partial charge in [-0.15, -0.1) is 0 Å². The Hall–Kier alpha value is -2.66. The smallest absolute Gasteiger partial charge is 0.333 e. The molecule has 0 atom stereocenters. The molecule has 1 aromatic carbocycles. The van der Waals surface area contributed by atoms with Crippen molar-refractivity contribution in [2.24, 2.45) is 0 Å². The molecule has 1 amide bonds. The molecule has 0 saturated heterocycles. The van der Waals surface area contributed by atoms with Crippen LogP contribution in [0.5, 0.6) is 0 Å². The molecule has 25 heavy (non-hydrogen) atoms. The predicted molar refractivity (Wildman–Crippen MR) is 97.1 cm³/mol. The second-order valence-electron chi connectivity index (χ2n) is 5.85. The summed E-state index contributed by atoms with van der Waals surface area (Å²) in [6.07, 6.45) is 5.68. The number of pyridine rings is 1. The zero-order valence-electron chi connectivity index (χ0n) is 13.5. The number of rotatable bonds is 4. The molecule has 2 aromatic rings. The largest absolute Gasteiger partial charge is 0.478 e. The molecule has 0 unspecified atom stereocenters. The summed E-state index contributed by atoms with van der Waals surface area (Å²) in [6, 6.07) is 9.43. The van der Waals surface area contributed by atoms with Gasteiger partial charge in [0, 0.05) is 22.7 Å². The molecule has 1 aromatic heterocycles. The van der Waals surface area contributed by atoms with Crippen molar-refractivity contribution in [3.63, 3.8) is 0 Å². The Morgan fingerprint density at radius 1 is 1.20 bits per heavy atom. The molecule has 1 aliphatic rings. The zero-order chi connectivity index (χ0) is 17.8. The van der Waals surface area contributed by atoms with Crippen molar-refractivity contribution >= 4 is 40.5 Å². The van der Waals surface area contributed by atoms with Gasteiger partial charge in [0.25, 0.3) is 0 Å². The van der Waals surface area contributed by atoms with Gasteiger partial charge in [0.15, 0.2) is 0 Å². The van der Waals surface area contributed by atoms with Gasteiger partial charge in [-0.1, -0.05) is 29.8 Å². The van der Waals surface area contributed by atoms with E-state index in [2.05, 4.69) is 10.3 Å². The average molecular weight is 357 g/mol. The monoisotopic (exact) mass is 356 g/mol. The first-order chi connectivity index (χ1) is 12.0.